The Hall–Kier alpha value is -3.26. The van der Waals surface area contributed by atoms with Gasteiger partial charge in [0.1, 0.15) is 23.8 Å². The molecule has 1 amide bonds. The van der Waals surface area contributed by atoms with Gasteiger partial charge < -0.3 is 25.2 Å². The number of para-hydroxylation sites is 1. The van der Waals surface area contributed by atoms with Crippen LogP contribution in [-0.2, 0) is 0 Å². The highest BCUT2D eigenvalue weighted by Gasteiger charge is 2.18. The van der Waals surface area contributed by atoms with Gasteiger partial charge in [-0.15, -0.1) is 0 Å². The maximum absolute atomic E-state index is 12.6. The summed E-state index contributed by atoms with van der Waals surface area (Å²) in [5, 5.41) is 16.5. The molecule has 3 aromatic rings. The summed E-state index contributed by atoms with van der Waals surface area (Å²) in [6.45, 7) is 4.65. The first kappa shape index (κ1) is 18.1. The number of aromatic hydroxyl groups is 1. The number of phenolic OH excluding ortho intramolecular Hbond substituents is 1. The van der Waals surface area contributed by atoms with Crippen molar-refractivity contribution >= 4 is 33.8 Å². The van der Waals surface area contributed by atoms with Crippen molar-refractivity contribution in [3.05, 3.63) is 52.5 Å². The number of hydrogen-bond acceptors (Lipinski definition) is 7. The van der Waals surface area contributed by atoms with E-state index in [1.165, 1.54) is 17.5 Å². The van der Waals surface area contributed by atoms with E-state index >= 15 is 0 Å². The molecule has 0 fully saturated rings. The van der Waals surface area contributed by atoms with Crippen molar-refractivity contribution in [2.45, 2.75) is 13.8 Å². The van der Waals surface area contributed by atoms with Gasteiger partial charge in [0.05, 0.1) is 17.6 Å². The predicted octanol–water partition coefficient (Wildman–Crippen LogP) is 4.23. The summed E-state index contributed by atoms with van der Waals surface area (Å²) in [5.74, 6) is 1.18. The van der Waals surface area contributed by atoms with Crippen LogP contribution in [0.2, 0.25) is 0 Å². The average molecular weight is 397 g/mol. The Morgan fingerprint density at radius 2 is 2.00 bits per heavy atom. The first-order valence-corrected chi connectivity index (χ1v) is 9.56. The third-order valence-corrected chi connectivity index (χ3v) is 5.33. The number of fused-ring (bicyclic) bond motifs is 1. The molecule has 0 saturated heterocycles. The molecule has 0 spiro atoms. The highest BCUT2D eigenvalue weighted by Crippen LogP contribution is 2.39. The van der Waals surface area contributed by atoms with Gasteiger partial charge >= 0.3 is 0 Å². The first-order chi connectivity index (χ1) is 13.5. The van der Waals surface area contributed by atoms with Crippen LogP contribution in [0.15, 0.2) is 36.5 Å². The van der Waals surface area contributed by atoms with Crippen LogP contribution in [-0.4, -0.2) is 29.2 Å². The molecule has 0 bridgehead atoms. The van der Waals surface area contributed by atoms with Crippen molar-refractivity contribution in [1.29, 1.82) is 0 Å². The van der Waals surface area contributed by atoms with Gasteiger partial charge in [0.2, 0.25) is 0 Å². The van der Waals surface area contributed by atoms with Crippen molar-refractivity contribution in [3.8, 4) is 17.2 Å². The van der Waals surface area contributed by atoms with Crippen molar-refractivity contribution in [1.82, 2.24) is 4.98 Å². The summed E-state index contributed by atoms with van der Waals surface area (Å²) in [7, 11) is 0. The normalized spacial score (nSPS) is 12.5. The number of carbonyl (C=O) groups excluding carboxylic acids is 1. The first-order valence-electron chi connectivity index (χ1n) is 8.75. The number of amides is 1. The summed E-state index contributed by atoms with van der Waals surface area (Å²) >= 11 is 1.23. The number of ether oxygens (including phenoxy) is 2. The minimum atomic E-state index is -0.281. The van der Waals surface area contributed by atoms with Gasteiger partial charge in [-0.1, -0.05) is 23.5 Å². The molecule has 0 saturated carbocycles. The second-order valence-electron chi connectivity index (χ2n) is 6.34. The van der Waals surface area contributed by atoms with Gasteiger partial charge in [0, 0.05) is 5.56 Å². The molecule has 28 heavy (non-hydrogen) atoms. The van der Waals surface area contributed by atoms with E-state index in [0.29, 0.717) is 46.0 Å². The molecule has 1 aliphatic heterocycles. The molecule has 2 heterocycles. The van der Waals surface area contributed by atoms with Gasteiger partial charge in [-0.25, -0.2) is 4.98 Å². The molecule has 2 aromatic carbocycles. The third kappa shape index (κ3) is 3.46. The lowest BCUT2D eigenvalue weighted by Gasteiger charge is -2.20. The zero-order chi connectivity index (χ0) is 19.7. The Morgan fingerprint density at radius 1 is 1.18 bits per heavy atom. The molecule has 8 heteroatoms. The highest BCUT2D eigenvalue weighted by molar-refractivity contribution is 7.17. The Balaban J connectivity index is 1.52. The standard InChI is InChI=1S/C20H19N3O4S/c1-11-6-7-14(24)12(2)17(11)23-19(25)16-10-21-20(28-16)22-13-4-3-5-15-18(13)27-9-8-26-15/h3-7,10,24H,8-9H2,1-2H3,(H,21,22)(H,23,25). The number of benzene rings is 2. The van der Waals surface area contributed by atoms with E-state index in [0.717, 1.165) is 11.3 Å². The van der Waals surface area contributed by atoms with E-state index < -0.39 is 0 Å². The molecular formula is C20H19N3O4S. The van der Waals surface area contributed by atoms with Gasteiger partial charge in [-0.3, -0.25) is 4.79 Å². The Kier molecular flexibility index (Phi) is 4.79. The Morgan fingerprint density at radius 3 is 2.86 bits per heavy atom. The number of nitrogens with one attached hydrogen (secondary N) is 2. The molecule has 4 rings (SSSR count). The monoisotopic (exact) mass is 397 g/mol. The van der Waals surface area contributed by atoms with Crippen LogP contribution in [0.4, 0.5) is 16.5 Å². The maximum Gasteiger partial charge on any atom is 0.267 e. The second-order valence-corrected chi connectivity index (χ2v) is 7.37. The van der Waals surface area contributed by atoms with Crippen LogP contribution in [0.25, 0.3) is 0 Å². The average Bonchev–Trinajstić information content (AvgIpc) is 3.17. The van der Waals surface area contributed by atoms with E-state index in [1.54, 1.807) is 19.1 Å². The van der Waals surface area contributed by atoms with Crippen LogP contribution >= 0.6 is 11.3 Å². The maximum atomic E-state index is 12.6. The number of anilines is 3. The summed E-state index contributed by atoms with van der Waals surface area (Å²) in [5.41, 5.74) is 2.85. The van der Waals surface area contributed by atoms with Crippen molar-refractivity contribution in [3.63, 3.8) is 0 Å². The van der Waals surface area contributed by atoms with Crippen LogP contribution < -0.4 is 20.1 Å². The van der Waals surface area contributed by atoms with Crippen LogP contribution in [0.3, 0.4) is 0 Å². The van der Waals surface area contributed by atoms with E-state index in [-0.39, 0.29) is 11.7 Å². The number of aromatic nitrogens is 1. The molecular weight excluding hydrogens is 378 g/mol. The molecule has 0 aliphatic carbocycles. The summed E-state index contributed by atoms with van der Waals surface area (Å²) in [4.78, 5) is 17.4. The van der Waals surface area contributed by atoms with Crippen molar-refractivity contribution in [2.24, 2.45) is 0 Å². The van der Waals surface area contributed by atoms with Crippen molar-refractivity contribution in [2.75, 3.05) is 23.8 Å². The van der Waals surface area contributed by atoms with Crippen LogP contribution in [0, 0.1) is 13.8 Å². The lowest BCUT2D eigenvalue weighted by Crippen LogP contribution is -2.16. The number of carbonyl (C=O) groups is 1. The van der Waals surface area contributed by atoms with Gasteiger partial charge in [-0.2, -0.15) is 0 Å². The van der Waals surface area contributed by atoms with E-state index in [2.05, 4.69) is 15.6 Å². The Labute approximate surface area is 166 Å². The topological polar surface area (TPSA) is 92.7 Å². The summed E-state index contributed by atoms with van der Waals surface area (Å²) in [6, 6.07) is 8.96. The van der Waals surface area contributed by atoms with E-state index in [1.807, 2.05) is 25.1 Å². The molecule has 144 valence electrons. The SMILES string of the molecule is Cc1ccc(O)c(C)c1NC(=O)c1cnc(Nc2cccc3c2OCCO3)s1. The quantitative estimate of drug-likeness (QED) is 0.610. The Bertz CT molecular complexity index is 1050. The lowest BCUT2D eigenvalue weighted by atomic mass is 10.1. The molecule has 7 nitrogen and oxygen atoms in total. The van der Waals surface area contributed by atoms with Gasteiger partial charge in [-0.05, 0) is 37.6 Å². The lowest BCUT2D eigenvalue weighted by molar-refractivity contribution is 0.103. The number of rotatable bonds is 4. The van der Waals surface area contributed by atoms with Crippen LogP contribution in [0.1, 0.15) is 20.8 Å². The zero-order valence-electron chi connectivity index (χ0n) is 15.4. The number of aryl methyl sites for hydroxylation is 1. The highest BCUT2D eigenvalue weighted by atomic mass is 32.1. The smallest absolute Gasteiger partial charge is 0.267 e. The summed E-state index contributed by atoms with van der Waals surface area (Å²) in [6.07, 6.45) is 1.52. The molecule has 0 atom stereocenters. The fraction of sp³-hybridized carbons (Fsp3) is 0.200. The van der Waals surface area contributed by atoms with Crippen molar-refractivity contribution < 1.29 is 19.4 Å². The molecule has 1 aromatic heterocycles. The molecule has 0 unspecified atom stereocenters. The zero-order valence-corrected chi connectivity index (χ0v) is 16.2. The summed E-state index contributed by atoms with van der Waals surface area (Å²) < 4.78 is 11.3. The predicted molar refractivity (Wildman–Crippen MR) is 108 cm³/mol. The van der Waals surface area contributed by atoms with Gasteiger partial charge in [0.15, 0.2) is 16.6 Å². The fourth-order valence-electron chi connectivity index (χ4n) is 2.93. The molecule has 0 radical (unpaired) electrons. The third-order valence-electron chi connectivity index (χ3n) is 4.42. The number of thiazole rings is 1. The molecule has 1 aliphatic rings. The van der Waals surface area contributed by atoms with E-state index in [9.17, 15) is 9.90 Å². The number of phenols is 1. The fourth-order valence-corrected chi connectivity index (χ4v) is 3.65. The number of nitrogens with zero attached hydrogens (tertiary/aromatic N) is 1. The minimum absolute atomic E-state index is 0.142. The minimum Gasteiger partial charge on any atom is -0.508 e. The van der Waals surface area contributed by atoms with E-state index in [4.69, 9.17) is 9.47 Å². The van der Waals surface area contributed by atoms with Crippen LogP contribution in [0.5, 0.6) is 17.2 Å². The largest absolute Gasteiger partial charge is 0.508 e. The molecule has 3 N–H and O–H groups in total. The number of hydrogen-bond donors (Lipinski definition) is 3. The second kappa shape index (κ2) is 7.40. The van der Waals surface area contributed by atoms with Gasteiger partial charge in [0.25, 0.3) is 5.91 Å².